The van der Waals surface area contributed by atoms with Crippen LogP contribution >= 0.6 is 11.6 Å². The summed E-state index contributed by atoms with van der Waals surface area (Å²) in [6.45, 7) is 1.57. The number of anilines is 1. The summed E-state index contributed by atoms with van der Waals surface area (Å²) < 4.78 is 13.0. The van der Waals surface area contributed by atoms with E-state index in [2.05, 4.69) is 9.97 Å². The van der Waals surface area contributed by atoms with Gasteiger partial charge in [-0.05, 0) is 25.1 Å². The summed E-state index contributed by atoms with van der Waals surface area (Å²) in [6.07, 6.45) is 0. The number of aromatic nitrogens is 2. The highest BCUT2D eigenvalue weighted by atomic mass is 35.5. The van der Waals surface area contributed by atoms with E-state index in [-0.39, 0.29) is 22.2 Å². The molecule has 0 aliphatic rings. The quantitative estimate of drug-likeness (QED) is 0.818. The van der Waals surface area contributed by atoms with Gasteiger partial charge in [0.05, 0.1) is 10.6 Å². The number of aromatic amines is 1. The fourth-order valence-corrected chi connectivity index (χ4v) is 1.51. The van der Waals surface area contributed by atoms with Crippen molar-refractivity contribution < 1.29 is 4.39 Å². The monoisotopic (exact) mass is 253 g/mol. The molecule has 2 aromatic rings. The third-order valence-corrected chi connectivity index (χ3v) is 2.67. The van der Waals surface area contributed by atoms with Gasteiger partial charge in [0.2, 0.25) is 0 Å². The largest absolute Gasteiger partial charge is 0.383 e. The van der Waals surface area contributed by atoms with Crippen molar-refractivity contribution in [3.05, 3.63) is 45.0 Å². The maximum Gasteiger partial charge on any atom is 0.256 e. The molecular weight excluding hydrogens is 245 g/mol. The van der Waals surface area contributed by atoms with E-state index in [9.17, 15) is 9.18 Å². The predicted octanol–water partition coefficient (Wildman–Crippen LogP) is 2.12. The lowest BCUT2D eigenvalue weighted by atomic mass is 10.2. The van der Waals surface area contributed by atoms with Gasteiger partial charge in [0, 0.05) is 5.56 Å². The Morgan fingerprint density at radius 1 is 1.47 bits per heavy atom. The zero-order valence-electron chi connectivity index (χ0n) is 8.92. The molecule has 88 valence electrons. The topological polar surface area (TPSA) is 71.8 Å². The number of rotatable bonds is 1. The number of nitrogens with zero attached hydrogens (tertiary/aromatic N) is 1. The molecule has 0 atom stereocenters. The van der Waals surface area contributed by atoms with Gasteiger partial charge in [-0.3, -0.25) is 4.79 Å². The fraction of sp³-hybridized carbons (Fsp3) is 0.0909. The molecule has 0 aliphatic heterocycles. The summed E-state index contributed by atoms with van der Waals surface area (Å²) in [4.78, 5) is 18.1. The van der Waals surface area contributed by atoms with E-state index < -0.39 is 5.82 Å². The Kier molecular flexibility index (Phi) is 2.85. The minimum Gasteiger partial charge on any atom is -0.383 e. The lowest BCUT2D eigenvalue weighted by Gasteiger charge is -2.04. The normalized spacial score (nSPS) is 10.5. The third kappa shape index (κ3) is 2.14. The molecule has 0 radical (unpaired) electrons. The Balaban J connectivity index is 2.61. The van der Waals surface area contributed by atoms with Gasteiger partial charge < -0.3 is 10.7 Å². The van der Waals surface area contributed by atoms with E-state index in [0.717, 1.165) is 0 Å². The minimum absolute atomic E-state index is 0.0377. The molecule has 17 heavy (non-hydrogen) atoms. The number of benzene rings is 1. The first kappa shape index (κ1) is 11.6. The molecule has 6 heteroatoms. The van der Waals surface area contributed by atoms with Crippen LogP contribution < -0.4 is 11.3 Å². The molecule has 2 rings (SSSR count). The first-order chi connectivity index (χ1) is 7.99. The summed E-state index contributed by atoms with van der Waals surface area (Å²) in [6, 6.07) is 4.05. The number of nitrogens with two attached hydrogens (primary N) is 1. The summed E-state index contributed by atoms with van der Waals surface area (Å²) in [5.41, 5.74) is 6.11. The van der Waals surface area contributed by atoms with Gasteiger partial charge >= 0.3 is 0 Å². The Morgan fingerprint density at radius 2 is 2.18 bits per heavy atom. The summed E-state index contributed by atoms with van der Waals surface area (Å²) >= 11 is 5.65. The lowest BCUT2D eigenvalue weighted by molar-refractivity contribution is 0.628. The van der Waals surface area contributed by atoms with Gasteiger partial charge in [0.1, 0.15) is 17.5 Å². The second kappa shape index (κ2) is 4.18. The average molecular weight is 254 g/mol. The third-order valence-electron chi connectivity index (χ3n) is 2.38. The first-order valence-corrected chi connectivity index (χ1v) is 5.18. The molecule has 0 aliphatic carbocycles. The molecule has 0 fully saturated rings. The maximum atomic E-state index is 13.0. The van der Waals surface area contributed by atoms with Crippen molar-refractivity contribution >= 4 is 17.4 Å². The second-order valence-corrected chi connectivity index (χ2v) is 3.96. The van der Waals surface area contributed by atoms with Gasteiger partial charge in [-0.15, -0.1) is 0 Å². The zero-order valence-corrected chi connectivity index (χ0v) is 9.68. The van der Waals surface area contributed by atoms with Gasteiger partial charge in [-0.1, -0.05) is 11.6 Å². The average Bonchev–Trinajstić information content (AvgIpc) is 2.29. The molecule has 0 spiro atoms. The van der Waals surface area contributed by atoms with E-state index in [1.54, 1.807) is 6.92 Å². The molecular formula is C11H9ClFN3O. The Bertz CT molecular complexity index is 639. The van der Waals surface area contributed by atoms with Crippen molar-refractivity contribution in [1.82, 2.24) is 9.97 Å². The van der Waals surface area contributed by atoms with Gasteiger partial charge in [0.15, 0.2) is 0 Å². The highest BCUT2D eigenvalue weighted by Gasteiger charge is 2.08. The Hall–Kier alpha value is -1.88. The van der Waals surface area contributed by atoms with Crippen LogP contribution in [0.25, 0.3) is 11.4 Å². The smallest absolute Gasteiger partial charge is 0.256 e. The van der Waals surface area contributed by atoms with E-state index in [1.165, 1.54) is 18.2 Å². The van der Waals surface area contributed by atoms with Gasteiger partial charge in [0.25, 0.3) is 5.56 Å². The lowest BCUT2D eigenvalue weighted by Crippen LogP contribution is -2.15. The van der Waals surface area contributed by atoms with Crippen LogP contribution in [-0.2, 0) is 0 Å². The van der Waals surface area contributed by atoms with Crippen molar-refractivity contribution in [2.45, 2.75) is 6.92 Å². The van der Waals surface area contributed by atoms with Crippen molar-refractivity contribution in [2.24, 2.45) is 0 Å². The minimum atomic E-state index is -0.530. The molecule has 3 N–H and O–H groups in total. The predicted molar refractivity (Wildman–Crippen MR) is 64.4 cm³/mol. The van der Waals surface area contributed by atoms with Crippen LogP contribution in [0.5, 0.6) is 0 Å². The molecule has 0 bridgehead atoms. The fourth-order valence-electron chi connectivity index (χ4n) is 1.33. The van der Waals surface area contributed by atoms with Crippen LogP contribution in [0.2, 0.25) is 5.02 Å². The van der Waals surface area contributed by atoms with Crippen molar-refractivity contribution in [2.75, 3.05) is 5.73 Å². The van der Waals surface area contributed by atoms with E-state index in [0.29, 0.717) is 11.1 Å². The number of nitrogens with one attached hydrogen (secondary N) is 1. The van der Waals surface area contributed by atoms with Crippen LogP contribution in [0.1, 0.15) is 5.56 Å². The molecule has 0 saturated heterocycles. The summed E-state index contributed by atoms with van der Waals surface area (Å²) in [7, 11) is 0. The molecule has 0 saturated carbocycles. The number of H-pyrrole nitrogens is 1. The Morgan fingerprint density at radius 3 is 2.76 bits per heavy atom. The van der Waals surface area contributed by atoms with Crippen LogP contribution in [0.15, 0.2) is 23.0 Å². The zero-order chi connectivity index (χ0) is 12.6. The van der Waals surface area contributed by atoms with Crippen molar-refractivity contribution in [3.8, 4) is 11.4 Å². The van der Waals surface area contributed by atoms with Crippen LogP contribution in [0.3, 0.4) is 0 Å². The Labute approximate surface area is 101 Å². The molecule has 0 unspecified atom stereocenters. The standard InChI is InChI=1S/C11H9ClFN3O/c1-5-9(14)15-10(16-11(5)17)6-2-3-8(13)7(12)4-6/h2-4H,1H3,(H3,14,15,16,17). The van der Waals surface area contributed by atoms with E-state index in [1.807, 2.05) is 0 Å². The van der Waals surface area contributed by atoms with Crippen molar-refractivity contribution in [1.29, 1.82) is 0 Å². The van der Waals surface area contributed by atoms with E-state index in [4.69, 9.17) is 17.3 Å². The van der Waals surface area contributed by atoms with Crippen LogP contribution in [-0.4, -0.2) is 9.97 Å². The van der Waals surface area contributed by atoms with E-state index >= 15 is 0 Å². The highest BCUT2D eigenvalue weighted by Crippen LogP contribution is 2.22. The number of hydrogen-bond acceptors (Lipinski definition) is 3. The second-order valence-electron chi connectivity index (χ2n) is 3.55. The molecule has 4 nitrogen and oxygen atoms in total. The number of nitrogen functional groups attached to an aromatic ring is 1. The molecule has 1 aromatic heterocycles. The maximum absolute atomic E-state index is 13.0. The summed E-state index contributed by atoms with van der Waals surface area (Å²) in [5.74, 6) is -0.123. The SMILES string of the molecule is Cc1c(N)nc(-c2ccc(F)c(Cl)c2)[nH]c1=O. The molecule has 1 aromatic carbocycles. The highest BCUT2D eigenvalue weighted by molar-refractivity contribution is 6.31. The molecule has 0 amide bonds. The van der Waals surface area contributed by atoms with Crippen LogP contribution in [0, 0.1) is 12.7 Å². The number of hydrogen-bond donors (Lipinski definition) is 2. The van der Waals surface area contributed by atoms with Gasteiger partial charge in [-0.25, -0.2) is 9.37 Å². The summed E-state index contributed by atoms with van der Waals surface area (Å²) in [5, 5.41) is -0.0377. The first-order valence-electron chi connectivity index (χ1n) is 4.81. The van der Waals surface area contributed by atoms with Crippen molar-refractivity contribution in [3.63, 3.8) is 0 Å². The number of halogens is 2. The molecule has 1 heterocycles. The van der Waals surface area contributed by atoms with Crippen LogP contribution in [0.4, 0.5) is 10.2 Å². The van der Waals surface area contributed by atoms with Gasteiger partial charge in [-0.2, -0.15) is 0 Å².